The van der Waals surface area contributed by atoms with Gasteiger partial charge in [-0.1, -0.05) is 63.6 Å². The van der Waals surface area contributed by atoms with Gasteiger partial charge in [0.2, 0.25) is 17.7 Å². The van der Waals surface area contributed by atoms with Crippen LogP contribution in [-0.4, -0.2) is 103 Å². The van der Waals surface area contributed by atoms with E-state index in [1.165, 1.54) is 12.5 Å². The number of nitrogens with one attached hydrogen (secondary N) is 5. The molecule has 340 valence electrons. The zero-order valence-corrected chi connectivity index (χ0v) is 36.8. The van der Waals surface area contributed by atoms with E-state index in [9.17, 15) is 29.1 Å². The fraction of sp³-hybridized carbons (Fsp3) is 0.614. The Hall–Kier alpha value is -4.43. The van der Waals surface area contributed by atoms with Crippen molar-refractivity contribution in [3.8, 4) is 11.1 Å². The zero-order valence-electron chi connectivity index (χ0n) is 36.8. The predicted octanol–water partition coefficient (Wildman–Crippen LogP) is 0.692. The van der Waals surface area contributed by atoms with Crippen molar-refractivity contribution in [2.75, 3.05) is 13.1 Å². The lowest BCUT2D eigenvalue weighted by Crippen LogP contribution is -2.65. The van der Waals surface area contributed by atoms with E-state index >= 15 is 0 Å². The summed E-state index contributed by atoms with van der Waals surface area (Å²) in [6.07, 6.45) is 3.11. The molecular weight excluding hydrogens is 793 g/mol. The van der Waals surface area contributed by atoms with Crippen LogP contribution in [0.3, 0.4) is 0 Å². The fourth-order valence-electron chi connectivity index (χ4n) is 9.11. The van der Waals surface area contributed by atoms with Crippen LogP contribution in [0.15, 0.2) is 48.5 Å². The Kier molecular flexibility index (Phi) is 16.7. The summed E-state index contributed by atoms with van der Waals surface area (Å²) < 4.78 is 12.5. The van der Waals surface area contributed by atoms with Crippen molar-refractivity contribution in [1.82, 2.24) is 26.6 Å². The van der Waals surface area contributed by atoms with Crippen LogP contribution in [0.25, 0.3) is 11.1 Å². The number of aliphatic hydroxyl groups excluding tert-OH is 1. The number of hydrogen-bond acceptors (Lipinski definition) is 12. The van der Waals surface area contributed by atoms with Gasteiger partial charge in [0.05, 0.1) is 17.8 Å². The van der Waals surface area contributed by atoms with Gasteiger partial charge in [-0.25, -0.2) is 0 Å². The minimum Gasteiger partial charge on any atom is -0.403 e. The van der Waals surface area contributed by atoms with Gasteiger partial charge < -0.3 is 63.9 Å². The smallest absolute Gasteiger partial charge is 0.403 e. The Morgan fingerprint density at radius 1 is 0.774 bits per heavy atom. The van der Waals surface area contributed by atoms with Crippen molar-refractivity contribution in [3.63, 3.8) is 0 Å². The molecule has 0 spiro atoms. The van der Waals surface area contributed by atoms with Crippen LogP contribution in [-0.2, 0) is 34.9 Å². The number of rotatable bonds is 22. The molecule has 1 heterocycles. The number of aryl methyl sites for hydroxylation is 1. The first kappa shape index (κ1) is 48.6. The summed E-state index contributed by atoms with van der Waals surface area (Å²) in [6, 6.07) is 10.4. The number of nitrogens with two attached hydrogens (primary N) is 4. The van der Waals surface area contributed by atoms with Crippen LogP contribution in [0.1, 0.15) is 102 Å². The SMILES string of the molecule is CCCCc1ccc(-c2ccc(C(=O)N[C@@H](CCCCN)C(=O)N[C@H](C(=O)N[C@@H](N)C(=O)N[C@@H](CCN)C(=O)N[C@@H](N)B3OC4C[C@@H]5C[C@@H](C5(C)C)[C@]4(C)O3)[C@@H](C)O)cc2)cc1. The number of benzene rings is 2. The van der Waals surface area contributed by atoms with Crippen LogP contribution in [0.2, 0.25) is 0 Å². The maximum atomic E-state index is 13.6. The molecule has 10 atom stereocenters. The monoisotopic (exact) mass is 862 g/mol. The Bertz CT molecular complexity index is 1870. The maximum Gasteiger partial charge on any atom is 0.497 e. The summed E-state index contributed by atoms with van der Waals surface area (Å²) in [6.45, 7) is 10.3. The van der Waals surface area contributed by atoms with E-state index in [1.807, 2.05) is 19.1 Å². The highest BCUT2D eigenvalue weighted by Gasteiger charge is 2.68. The minimum atomic E-state index is -1.70. The van der Waals surface area contributed by atoms with Crippen molar-refractivity contribution >= 4 is 36.7 Å². The molecule has 3 aliphatic carbocycles. The number of aliphatic hydroxyl groups is 1. The molecule has 1 saturated heterocycles. The van der Waals surface area contributed by atoms with Gasteiger partial charge in [0.1, 0.15) is 24.2 Å². The molecule has 1 unspecified atom stereocenters. The molecule has 5 amide bonds. The maximum absolute atomic E-state index is 13.6. The lowest BCUT2D eigenvalue weighted by molar-refractivity contribution is -0.199. The molecular formula is C44H68BN9O8. The fourth-order valence-corrected chi connectivity index (χ4v) is 9.11. The quantitative estimate of drug-likeness (QED) is 0.0445. The number of amides is 5. The molecule has 62 heavy (non-hydrogen) atoms. The van der Waals surface area contributed by atoms with Gasteiger partial charge >= 0.3 is 7.12 Å². The summed E-state index contributed by atoms with van der Waals surface area (Å²) in [7, 11) is -0.906. The molecule has 17 nitrogen and oxygen atoms in total. The van der Waals surface area contributed by atoms with E-state index in [2.05, 4.69) is 71.6 Å². The van der Waals surface area contributed by atoms with Gasteiger partial charge in [0.25, 0.3) is 11.8 Å². The largest absolute Gasteiger partial charge is 0.497 e. The first-order valence-corrected chi connectivity index (χ1v) is 22.1. The average molecular weight is 862 g/mol. The third kappa shape index (κ3) is 11.4. The van der Waals surface area contributed by atoms with E-state index < -0.39 is 78.7 Å². The van der Waals surface area contributed by atoms with Gasteiger partial charge in [-0.05, 0) is 124 Å². The summed E-state index contributed by atoms with van der Waals surface area (Å²) in [5, 5.41) is 23.3. The molecule has 14 N–H and O–H groups in total. The molecule has 3 saturated carbocycles. The van der Waals surface area contributed by atoms with Crippen molar-refractivity contribution < 1.29 is 38.4 Å². The summed E-state index contributed by atoms with van der Waals surface area (Å²) in [4.78, 5) is 67.1. The molecule has 4 fully saturated rings. The summed E-state index contributed by atoms with van der Waals surface area (Å²) in [5.74, 6) is -3.02. The first-order chi connectivity index (χ1) is 29.4. The van der Waals surface area contributed by atoms with E-state index in [0.29, 0.717) is 30.9 Å². The van der Waals surface area contributed by atoms with E-state index in [1.54, 1.807) is 12.1 Å². The van der Waals surface area contributed by atoms with Crippen molar-refractivity contribution in [3.05, 3.63) is 59.7 Å². The second-order valence-corrected chi connectivity index (χ2v) is 17.9. The average Bonchev–Trinajstić information content (AvgIpc) is 3.61. The van der Waals surface area contributed by atoms with E-state index in [0.717, 1.165) is 43.2 Å². The van der Waals surface area contributed by atoms with Gasteiger partial charge in [-0.3, -0.25) is 24.0 Å². The molecule has 2 bridgehead atoms. The van der Waals surface area contributed by atoms with Gasteiger partial charge in [-0.15, -0.1) is 0 Å². The molecule has 2 aromatic rings. The number of carbonyl (C=O) groups excluding carboxylic acids is 5. The highest BCUT2D eigenvalue weighted by molar-refractivity contribution is 6.47. The molecule has 6 rings (SSSR count). The van der Waals surface area contributed by atoms with Crippen LogP contribution < -0.4 is 49.5 Å². The number of hydrogen-bond donors (Lipinski definition) is 10. The lowest BCUT2D eigenvalue weighted by Gasteiger charge is -2.64. The van der Waals surface area contributed by atoms with Crippen LogP contribution >= 0.6 is 0 Å². The van der Waals surface area contributed by atoms with Crippen molar-refractivity contribution in [1.29, 1.82) is 0 Å². The van der Waals surface area contributed by atoms with E-state index in [-0.39, 0.29) is 36.8 Å². The molecule has 4 aliphatic rings. The third-order valence-corrected chi connectivity index (χ3v) is 13.1. The minimum absolute atomic E-state index is 0.0103. The second kappa shape index (κ2) is 21.3. The predicted molar refractivity (Wildman–Crippen MR) is 236 cm³/mol. The summed E-state index contributed by atoms with van der Waals surface area (Å²) in [5.41, 5.74) is 27.0. The van der Waals surface area contributed by atoms with Gasteiger partial charge in [0.15, 0.2) is 6.17 Å². The number of carbonyl (C=O) groups is 5. The standard InChI is InChI=1S/C44H68BN9O8/c1-6-7-10-26-12-14-27(15-13-26)28-16-18-29(19-17-28)37(56)50-31(11-8-9-21-46)38(57)52-35(25(2)55)40(59)53-36(48)41(60)51-32(20-22-47)39(58)54-42(49)45-61-34-24-30-23-33(43(30,3)4)44(34,5)62-45/h12-19,25,30-36,42,55H,6-11,20-24,46-49H2,1-5H3,(H,50,56)(H,51,60)(H,52,57)(H,53,59)(H,54,58)/t25-,30+,31+,32+,33+,34?,35+,36-,42-,44+/m1/s1. The van der Waals surface area contributed by atoms with E-state index in [4.69, 9.17) is 32.2 Å². The molecule has 1 aliphatic heterocycles. The zero-order chi connectivity index (χ0) is 45.4. The van der Waals surface area contributed by atoms with Gasteiger partial charge in [-0.2, -0.15) is 0 Å². The molecule has 0 aromatic heterocycles. The second-order valence-electron chi connectivity index (χ2n) is 17.9. The topological polar surface area (TPSA) is 288 Å². The highest BCUT2D eigenvalue weighted by Crippen LogP contribution is 2.65. The normalized spacial score (nSPS) is 23.9. The number of unbranched alkanes of at least 4 members (excludes halogenated alkanes) is 2. The lowest BCUT2D eigenvalue weighted by atomic mass is 9.43. The van der Waals surface area contributed by atoms with Crippen molar-refractivity contribution in [2.45, 2.75) is 141 Å². The first-order valence-electron chi connectivity index (χ1n) is 22.1. The van der Waals surface area contributed by atoms with Crippen LogP contribution in [0.4, 0.5) is 0 Å². The Morgan fingerprint density at radius 2 is 1.40 bits per heavy atom. The molecule has 2 aromatic carbocycles. The summed E-state index contributed by atoms with van der Waals surface area (Å²) >= 11 is 0. The molecule has 18 heteroatoms. The van der Waals surface area contributed by atoms with Crippen LogP contribution in [0.5, 0.6) is 0 Å². The van der Waals surface area contributed by atoms with Crippen molar-refractivity contribution in [2.24, 2.45) is 40.2 Å². The third-order valence-electron chi connectivity index (χ3n) is 13.1. The highest BCUT2D eigenvalue weighted by atomic mass is 16.7. The Labute approximate surface area is 365 Å². The van der Waals surface area contributed by atoms with Crippen LogP contribution in [0, 0.1) is 17.3 Å². The Morgan fingerprint density at radius 3 is 2.00 bits per heavy atom. The Balaban J connectivity index is 1.15. The molecule has 0 radical (unpaired) electrons. The van der Waals surface area contributed by atoms with Gasteiger partial charge in [0, 0.05) is 5.56 Å².